The summed E-state index contributed by atoms with van der Waals surface area (Å²) in [5.74, 6) is 2.12. The number of rotatable bonds is 7. The highest BCUT2D eigenvalue weighted by atomic mass is 127. The molecule has 2 N–H and O–H groups in total. The number of anilines is 1. The number of benzene rings is 1. The molecule has 26 heavy (non-hydrogen) atoms. The molecule has 0 saturated heterocycles. The smallest absolute Gasteiger partial charge is 0.240 e. The van der Waals surface area contributed by atoms with Crippen LogP contribution >= 0.6 is 22.6 Å². The molecule has 0 fully saturated rings. The average Bonchev–Trinajstić information content (AvgIpc) is 3.05. The first-order valence-electron chi connectivity index (χ1n) is 7.77. The summed E-state index contributed by atoms with van der Waals surface area (Å²) < 4.78 is 29.8. The predicted octanol–water partition coefficient (Wildman–Crippen LogP) is 1.97. The molecule has 0 unspecified atom stereocenters. The molecule has 0 aliphatic rings. The second-order valence-electron chi connectivity index (χ2n) is 5.38. The van der Waals surface area contributed by atoms with E-state index in [1.807, 2.05) is 17.7 Å². The molecular weight excluding hydrogens is 467 g/mol. The molecule has 0 bridgehead atoms. The molecule has 0 amide bonds. The number of hydrogen-bond donors (Lipinski definition) is 2. The highest BCUT2D eigenvalue weighted by molar-refractivity contribution is 14.1. The van der Waals surface area contributed by atoms with E-state index >= 15 is 0 Å². The van der Waals surface area contributed by atoms with E-state index in [1.165, 1.54) is 6.33 Å². The van der Waals surface area contributed by atoms with Gasteiger partial charge in [-0.3, -0.25) is 4.57 Å². The zero-order valence-electron chi connectivity index (χ0n) is 13.9. The van der Waals surface area contributed by atoms with E-state index in [9.17, 15) is 8.42 Å². The first kappa shape index (κ1) is 18.7. The Morgan fingerprint density at radius 2 is 1.88 bits per heavy atom. The lowest BCUT2D eigenvalue weighted by atomic mass is 10.4. The summed E-state index contributed by atoms with van der Waals surface area (Å²) in [4.78, 5) is 12.8. The maximum absolute atomic E-state index is 12.2. The highest BCUT2D eigenvalue weighted by Gasteiger charge is 2.12. The van der Waals surface area contributed by atoms with Crippen molar-refractivity contribution in [2.75, 3.05) is 18.4 Å². The molecule has 2 heterocycles. The van der Waals surface area contributed by atoms with Crippen molar-refractivity contribution >= 4 is 38.4 Å². The maximum atomic E-state index is 12.2. The van der Waals surface area contributed by atoms with Gasteiger partial charge in [0.25, 0.3) is 0 Å². The molecule has 10 heteroatoms. The number of nitrogens with one attached hydrogen (secondary N) is 2. The van der Waals surface area contributed by atoms with Crippen LogP contribution in [0.3, 0.4) is 0 Å². The Morgan fingerprint density at radius 3 is 2.58 bits per heavy atom. The Labute approximate surface area is 165 Å². The largest absolute Gasteiger partial charge is 0.369 e. The number of aromatic nitrogens is 4. The number of nitrogens with zero attached hydrogens (tertiary/aromatic N) is 4. The van der Waals surface area contributed by atoms with Gasteiger partial charge in [0, 0.05) is 35.1 Å². The Balaban J connectivity index is 1.57. The molecule has 0 atom stereocenters. The molecule has 8 nitrogen and oxygen atoms in total. The topological polar surface area (TPSA) is 102 Å². The van der Waals surface area contributed by atoms with Crippen molar-refractivity contribution in [3.05, 3.63) is 58.4 Å². The molecule has 0 aliphatic carbocycles. The van der Waals surface area contributed by atoms with Crippen molar-refractivity contribution in [2.45, 2.75) is 11.8 Å². The Hall–Kier alpha value is -2.05. The average molecular weight is 484 g/mol. The lowest BCUT2D eigenvalue weighted by Gasteiger charge is -2.10. The predicted molar refractivity (Wildman–Crippen MR) is 107 cm³/mol. The Kier molecular flexibility index (Phi) is 5.84. The molecule has 3 rings (SSSR count). The minimum absolute atomic E-state index is 0.234. The van der Waals surface area contributed by atoms with Crippen molar-refractivity contribution in [1.29, 1.82) is 0 Å². The maximum Gasteiger partial charge on any atom is 0.240 e. The molecular formula is C16H17IN6O2S. The Morgan fingerprint density at radius 1 is 1.12 bits per heavy atom. The van der Waals surface area contributed by atoms with Crippen molar-refractivity contribution in [3.8, 4) is 5.82 Å². The fraction of sp³-hybridized carbons (Fsp3) is 0.188. The summed E-state index contributed by atoms with van der Waals surface area (Å²) >= 11 is 2.13. The standard InChI is InChI=1S/C16H17IN6O2S/c1-12-18-8-9-23(12)16-10-15(20-11-21-16)19-6-7-22-26(24,25)14-4-2-13(17)3-5-14/h2-5,8-11,22H,6-7H2,1H3,(H,19,20,21). The van der Waals surface area contributed by atoms with E-state index in [2.05, 4.69) is 47.6 Å². The van der Waals surface area contributed by atoms with Gasteiger partial charge in [0.15, 0.2) is 0 Å². The van der Waals surface area contributed by atoms with E-state index < -0.39 is 10.0 Å². The molecule has 0 aliphatic heterocycles. The molecule has 2 aromatic heterocycles. The van der Waals surface area contributed by atoms with Crippen LogP contribution in [0.5, 0.6) is 0 Å². The number of imidazole rings is 1. The van der Waals surface area contributed by atoms with Crippen molar-refractivity contribution < 1.29 is 8.42 Å². The van der Waals surface area contributed by atoms with Crippen LogP contribution in [-0.4, -0.2) is 41.0 Å². The van der Waals surface area contributed by atoms with Gasteiger partial charge in [-0.15, -0.1) is 0 Å². The van der Waals surface area contributed by atoms with Crippen molar-refractivity contribution in [2.24, 2.45) is 0 Å². The molecule has 0 saturated carbocycles. The molecule has 0 radical (unpaired) electrons. The number of halogens is 1. The Bertz CT molecular complexity index is 988. The summed E-state index contributed by atoms with van der Waals surface area (Å²) in [6.45, 7) is 2.51. The third-order valence-corrected chi connectivity index (χ3v) is 5.77. The first-order valence-corrected chi connectivity index (χ1v) is 10.3. The molecule has 0 spiro atoms. The van der Waals surface area contributed by atoms with E-state index in [0.29, 0.717) is 18.2 Å². The van der Waals surface area contributed by atoms with Crippen molar-refractivity contribution in [1.82, 2.24) is 24.2 Å². The summed E-state index contributed by atoms with van der Waals surface area (Å²) in [6.07, 6.45) is 4.97. The quantitative estimate of drug-likeness (QED) is 0.393. The molecule has 1 aromatic carbocycles. The minimum Gasteiger partial charge on any atom is -0.369 e. The summed E-state index contributed by atoms with van der Waals surface area (Å²) in [5.41, 5.74) is 0. The lowest BCUT2D eigenvalue weighted by molar-refractivity contribution is 0.583. The fourth-order valence-electron chi connectivity index (χ4n) is 2.27. The zero-order valence-corrected chi connectivity index (χ0v) is 16.9. The van der Waals surface area contributed by atoms with Crippen LogP contribution < -0.4 is 10.0 Å². The van der Waals surface area contributed by atoms with Gasteiger partial charge in [-0.25, -0.2) is 28.1 Å². The third kappa shape index (κ3) is 4.56. The van der Waals surface area contributed by atoms with Gasteiger partial charge in [0.1, 0.15) is 23.8 Å². The highest BCUT2D eigenvalue weighted by Crippen LogP contribution is 2.12. The fourth-order valence-corrected chi connectivity index (χ4v) is 3.66. The second kappa shape index (κ2) is 8.10. The van der Waals surface area contributed by atoms with Gasteiger partial charge in [-0.2, -0.15) is 0 Å². The van der Waals surface area contributed by atoms with Crippen LogP contribution in [0.2, 0.25) is 0 Å². The number of sulfonamides is 1. The SMILES string of the molecule is Cc1nccn1-c1cc(NCCNS(=O)(=O)c2ccc(I)cc2)ncn1. The third-order valence-electron chi connectivity index (χ3n) is 3.57. The monoisotopic (exact) mass is 484 g/mol. The van der Waals surface area contributed by atoms with E-state index in [0.717, 1.165) is 9.39 Å². The van der Waals surface area contributed by atoms with Gasteiger partial charge in [0.05, 0.1) is 4.90 Å². The number of hydrogen-bond acceptors (Lipinski definition) is 6. The van der Waals surface area contributed by atoms with E-state index in [-0.39, 0.29) is 11.4 Å². The minimum atomic E-state index is -3.52. The normalized spacial score (nSPS) is 11.5. The summed E-state index contributed by atoms with van der Waals surface area (Å²) in [7, 11) is -3.52. The van der Waals surface area contributed by atoms with Crippen LogP contribution in [0.4, 0.5) is 5.82 Å². The summed E-state index contributed by atoms with van der Waals surface area (Å²) in [5, 5.41) is 3.09. The van der Waals surface area contributed by atoms with Gasteiger partial charge in [-0.05, 0) is 53.8 Å². The van der Waals surface area contributed by atoms with Crippen LogP contribution in [0.1, 0.15) is 5.82 Å². The van der Waals surface area contributed by atoms with Gasteiger partial charge in [0.2, 0.25) is 10.0 Å². The van der Waals surface area contributed by atoms with E-state index in [4.69, 9.17) is 0 Å². The second-order valence-corrected chi connectivity index (χ2v) is 8.40. The zero-order chi connectivity index (χ0) is 18.6. The van der Waals surface area contributed by atoms with Crippen LogP contribution in [-0.2, 0) is 10.0 Å². The van der Waals surface area contributed by atoms with Gasteiger partial charge >= 0.3 is 0 Å². The van der Waals surface area contributed by atoms with Gasteiger partial charge < -0.3 is 5.32 Å². The van der Waals surface area contributed by atoms with Gasteiger partial charge in [-0.1, -0.05) is 0 Å². The molecule has 3 aromatic rings. The number of aryl methyl sites for hydroxylation is 1. The summed E-state index contributed by atoms with van der Waals surface area (Å²) in [6, 6.07) is 8.47. The van der Waals surface area contributed by atoms with Crippen molar-refractivity contribution in [3.63, 3.8) is 0 Å². The first-order chi connectivity index (χ1) is 12.5. The van der Waals surface area contributed by atoms with Crippen LogP contribution in [0.15, 0.2) is 53.9 Å². The van der Waals surface area contributed by atoms with E-state index in [1.54, 1.807) is 36.5 Å². The molecule has 136 valence electrons. The van der Waals surface area contributed by atoms with Crippen LogP contribution in [0.25, 0.3) is 5.82 Å². The van der Waals surface area contributed by atoms with Crippen LogP contribution in [0, 0.1) is 10.5 Å². The lowest BCUT2D eigenvalue weighted by Crippen LogP contribution is -2.29.